The molecule has 0 radical (unpaired) electrons. The molecule has 3 heteroatoms. The Labute approximate surface area is 146 Å². The second kappa shape index (κ2) is 8.25. The number of benzene rings is 2. The summed E-state index contributed by atoms with van der Waals surface area (Å²) in [4.78, 5) is 0. The molecule has 0 saturated heterocycles. The third-order valence-corrected chi connectivity index (χ3v) is 3.54. The molecular formula is C16H16Cl2Zr. The van der Waals surface area contributed by atoms with Crippen LogP contribution in [-0.4, -0.2) is 0 Å². The zero-order valence-corrected chi connectivity index (χ0v) is 14.8. The van der Waals surface area contributed by atoms with Crippen LogP contribution in [0.1, 0.15) is 36.8 Å². The van der Waals surface area contributed by atoms with Crippen LogP contribution in [0, 0.1) is 0 Å². The van der Waals surface area contributed by atoms with E-state index in [0.29, 0.717) is 5.92 Å². The molecule has 0 nitrogen and oxygen atoms in total. The second-order valence-corrected chi connectivity index (χ2v) is 4.52. The molecule has 2 aromatic rings. The van der Waals surface area contributed by atoms with E-state index in [1.165, 1.54) is 35.1 Å². The van der Waals surface area contributed by atoms with Crippen LogP contribution in [0.3, 0.4) is 0 Å². The van der Waals surface area contributed by atoms with Crippen LogP contribution in [0.4, 0.5) is 0 Å². The van der Waals surface area contributed by atoms with Gasteiger partial charge in [-0.15, -0.1) is 0 Å². The van der Waals surface area contributed by atoms with Gasteiger partial charge in [0, 0.05) is 5.92 Å². The van der Waals surface area contributed by atoms with Crippen molar-refractivity contribution in [3.05, 3.63) is 59.7 Å². The minimum atomic E-state index is 0. The maximum absolute atomic E-state index is 2.29. The summed E-state index contributed by atoms with van der Waals surface area (Å²) in [5.74, 6) is 0.623. The summed E-state index contributed by atoms with van der Waals surface area (Å²) in [6, 6.07) is 17.7. The maximum atomic E-state index is 2.29. The zero-order chi connectivity index (χ0) is 11.0. The Balaban J connectivity index is 0.00000108. The topological polar surface area (TPSA) is 0 Å². The molecule has 0 amide bonds. The van der Waals surface area contributed by atoms with Crippen molar-refractivity contribution >= 4 is 0 Å². The predicted octanol–water partition coefficient (Wildman–Crippen LogP) is -1.40. The van der Waals surface area contributed by atoms with Gasteiger partial charge in [-0.2, -0.15) is 0 Å². The van der Waals surface area contributed by atoms with Crippen molar-refractivity contribution in [1.82, 2.24) is 0 Å². The third-order valence-electron chi connectivity index (χ3n) is 3.54. The smallest absolute Gasteiger partial charge is 1.00 e. The van der Waals surface area contributed by atoms with E-state index in [1.54, 1.807) is 0 Å². The molecule has 0 unspecified atom stereocenters. The van der Waals surface area contributed by atoms with E-state index in [1.807, 2.05) is 0 Å². The molecule has 98 valence electrons. The zero-order valence-electron chi connectivity index (χ0n) is 10.9. The standard InChI is InChI=1S/C16H16.2ClH.Zr/c1-2-7-12-13-8-3-5-10-15(13)16-11-6-4-9-14(12)16;;;/h3-6,8-12H,2,7H2,1H3;2*1H;/q;;;+2/p-2. The van der Waals surface area contributed by atoms with E-state index in [4.69, 9.17) is 0 Å². The fourth-order valence-corrected chi connectivity index (χ4v) is 2.86. The molecule has 0 saturated carbocycles. The number of fused-ring (bicyclic) bond motifs is 3. The summed E-state index contributed by atoms with van der Waals surface area (Å²) in [6.45, 7) is 2.27. The summed E-state index contributed by atoms with van der Waals surface area (Å²) < 4.78 is 0. The Bertz CT molecular complexity index is 480. The first kappa shape index (κ1) is 18.9. The van der Waals surface area contributed by atoms with Gasteiger partial charge in [0.15, 0.2) is 0 Å². The van der Waals surface area contributed by atoms with Crippen LogP contribution in [0.5, 0.6) is 0 Å². The minimum Gasteiger partial charge on any atom is -1.00 e. The Morgan fingerprint density at radius 3 is 1.63 bits per heavy atom. The molecule has 0 fully saturated rings. The van der Waals surface area contributed by atoms with Crippen LogP contribution >= 0.6 is 0 Å². The van der Waals surface area contributed by atoms with Gasteiger partial charge in [-0.3, -0.25) is 0 Å². The minimum absolute atomic E-state index is 0. The van der Waals surface area contributed by atoms with Crippen LogP contribution in [-0.2, 0) is 26.2 Å². The molecule has 3 rings (SSSR count). The monoisotopic (exact) mass is 368 g/mol. The molecule has 0 aliphatic heterocycles. The van der Waals surface area contributed by atoms with Gasteiger partial charge in [-0.25, -0.2) is 0 Å². The van der Waals surface area contributed by atoms with Crippen molar-refractivity contribution in [2.45, 2.75) is 25.7 Å². The van der Waals surface area contributed by atoms with Gasteiger partial charge in [-0.05, 0) is 28.7 Å². The van der Waals surface area contributed by atoms with Crippen molar-refractivity contribution in [2.24, 2.45) is 0 Å². The van der Waals surface area contributed by atoms with Gasteiger partial charge < -0.3 is 24.8 Å². The van der Waals surface area contributed by atoms with Gasteiger partial charge in [0.1, 0.15) is 0 Å². The Kier molecular flexibility index (Phi) is 8.21. The molecular weight excluding hydrogens is 354 g/mol. The molecule has 0 bridgehead atoms. The summed E-state index contributed by atoms with van der Waals surface area (Å²) in [7, 11) is 0. The normalized spacial score (nSPS) is 11.4. The number of rotatable bonds is 2. The van der Waals surface area contributed by atoms with E-state index >= 15 is 0 Å². The summed E-state index contributed by atoms with van der Waals surface area (Å²) >= 11 is 0. The van der Waals surface area contributed by atoms with Gasteiger partial charge in [0.05, 0.1) is 0 Å². The van der Waals surface area contributed by atoms with E-state index in [2.05, 4.69) is 55.5 Å². The average molecular weight is 370 g/mol. The Hall–Kier alpha value is -0.0969. The van der Waals surface area contributed by atoms with Crippen molar-refractivity contribution in [3.63, 3.8) is 0 Å². The van der Waals surface area contributed by atoms with Crippen molar-refractivity contribution in [2.75, 3.05) is 0 Å². The largest absolute Gasteiger partial charge is 2.00 e. The molecule has 0 N–H and O–H groups in total. The van der Waals surface area contributed by atoms with Crippen LogP contribution in [0.25, 0.3) is 11.1 Å². The van der Waals surface area contributed by atoms with E-state index in [-0.39, 0.29) is 51.0 Å². The van der Waals surface area contributed by atoms with Crippen molar-refractivity contribution in [1.29, 1.82) is 0 Å². The summed E-state index contributed by atoms with van der Waals surface area (Å²) in [5.41, 5.74) is 5.92. The Morgan fingerprint density at radius 2 is 1.21 bits per heavy atom. The molecule has 0 aromatic heterocycles. The van der Waals surface area contributed by atoms with Gasteiger partial charge in [0.25, 0.3) is 0 Å². The van der Waals surface area contributed by atoms with Crippen molar-refractivity contribution in [3.8, 4) is 11.1 Å². The van der Waals surface area contributed by atoms with Crippen LogP contribution in [0.2, 0.25) is 0 Å². The molecule has 1 aliphatic carbocycles. The van der Waals surface area contributed by atoms with E-state index in [0.717, 1.165) is 0 Å². The average Bonchev–Trinajstić information content (AvgIpc) is 2.66. The molecule has 0 heterocycles. The molecule has 1 aliphatic rings. The van der Waals surface area contributed by atoms with Crippen molar-refractivity contribution < 1.29 is 51.0 Å². The first-order chi connectivity index (χ1) is 7.92. The first-order valence-electron chi connectivity index (χ1n) is 6.10. The summed E-state index contributed by atoms with van der Waals surface area (Å²) in [6.07, 6.45) is 2.50. The SMILES string of the molecule is CCCC1c2ccccc2-c2ccccc21.[Cl-].[Cl-].[Zr+2]. The molecule has 19 heavy (non-hydrogen) atoms. The van der Waals surface area contributed by atoms with E-state index < -0.39 is 0 Å². The quantitative estimate of drug-likeness (QED) is 0.611. The maximum Gasteiger partial charge on any atom is 2.00 e. The fourth-order valence-electron chi connectivity index (χ4n) is 2.86. The molecule has 0 atom stereocenters. The van der Waals surface area contributed by atoms with Gasteiger partial charge >= 0.3 is 26.2 Å². The number of halogens is 2. The van der Waals surface area contributed by atoms with E-state index in [9.17, 15) is 0 Å². The Morgan fingerprint density at radius 1 is 0.789 bits per heavy atom. The first-order valence-corrected chi connectivity index (χ1v) is 6.10. The summed E-state index contributed by atoms with van der Waals surface area (Å²) in [5, 5.41) is 0. The molecule has 2 aromatic carbocycles. The van der Waals surface area contributed by atoms with Gasteiger partial charge in [0.2, 0.25) is 0 Å². The van der Waals surface area contributed by atoms with Gasteiger partial charge in [-0.1, -0.05) is 61.9 Å². The second-order valence-electron chi connectivity index (χ2n) is 4.52. The number of hydrogen-bond acceptors (Lipinski definition) is 0. The van der Waals surface area contributed by atoms with Crippen LogP contribution in [0.15, 0.2) is 48.5 Å². The fraction of sp³-hybridized carbons (Fsp3) is 0.250. The predicted molar refractivity (Wildman–Crippen MR) is 68.6 cm³/mol. The number of hydrogen-bond donors (Lipinski definition) is 0. The molecule has 0 spiro atoms. The van der Waals surface area contributed by atoms with Crippen LogP contribution < -0.4 is 24.8 Å². The third kappa shape index (κ3) is 3.32.